The van der Waals surface area contributed by atoms with E-state index < -0.39 is 0 Å². The van der Waals surface area contributed by atoms with Crippen LogP contribution in [0.3, 0.4) is 0 Å². The van der Waals surface area contributed by atoms with Gasteiger partial charge in [0, 0.05) is 25.2 Å². The number of aliphatic hydroxyl groups is 2. The van der Waals surface area contributed by atoms with Gasteiger partial charge in [-0.15, -0.1) is 0 Å². The maximum absolute atomic E-state index is 9.72. The molecule has 2 saturated carbocycles. The number of hydrogen-bond donors (Lipinski definition) is 2. The summed E-state index contributed by atoms with van der Waals surface area (Å²) in [6, 6.07) is 1.38. The Hall–Kier alpha value is 1.00. The van der Waals surface area contributed by atoms with E-state index in [0.717, 1.165) is 25.7 Å². The molecule has 0 amide bonds. The summed E-state index contributed by atoms with van der Waals surface area (Å²) >= 11 is 2.69. The smallest absolute Gasteiger partial charge is 0.108 e. The van der Waals surface area contributed by atoms with E-state index in [4.69, 9.17) is 0 Å². The zero-order valence-electron chi connectivity index (χ0n) is 12.7. The van der Waals surface area contributed by atoms with Crippen molar-refractivity contribution in [3.8, 4) is 0 Å². The molecule has 1 saturated heterocycles. The molecule has 122 valence electrons. The van der Waals surface area contributed by atoms with Crippen LogP contribution in [0.15, 0.2) is 0 Å². The van der Waals surface area contributed by atoms with E-state index in [2.05, 4.69) is 31.4 Å². The van der Waals surface area contributed by atoms with Crippen molar-refractivity contribution in [3.63, 3.8) is 0 Å². The van der Waals surface area contributed by atoms with Crippen LogP contribution in [0.25, 0.3) is 0 Å². The molecular weight excluding hydrogens is 398 g/mol. The van der Waals surface area contributed by atoms with E-state index in [1.54, 1.807) is 0 Å². The van der Waals surface area contributed by atoms with Gasteiger partial charge in [0.2, 0.25) is 0 Å². The topological polar surface area (TPSA) is 46.9 Å². The number of aliphatic hydroxyl groups excluding tert-OH is 2. The summed E-state index contributed by atoms with van der Waals surface area (Å²) in [6.45, 7) is 2.47. The van der Waals surface area contributed by atoms with E-state index in [-0.39, 0.29) is 18.1 Å². The lowest BCUT2D eigenvalue weighted by molar-refractivity contribution is 0.0841. The van der Waals surface area contributed by atoms with Crippen LogP contribution < -0.4 is 0 Å². The maximum atomic E-state index is 9.72. The second kappa shape index (κ2) is 7.71. The highest BCUT2D eigenvalue weighted by molar-refractivity contribution is 14.2. The second-order valence-corrected chi connectivity index (χ2v) is 10.9. The van der Waals surface area contributed by atoms with Crippen LogP contribution in [0, 0.1) is 0 Å². The summed E-state index contributed by atoms with van der Waals surface area (Å²) in [7, 11) is 0. The quantitative estimate of drug-likeness (QED) is 0.526. The molecule has 3 fully saturated rings. The Kier molecular flexibility index (Phi) is 6.19. The summed E-state index contributed by atoms with van der Waals surface area (Å²) < 4.78 is 5.49. The molecule has 4 nitrogen and oxygen atoms in total. The number of nitrogens with zero attached hydrogens (tertiary/aromatic N) is 2. The molecular formula is C15H28IN2O2P. The van der Waals surface area contributed by atoms with E-state index >= 15 is 0 Å². The van der Waals surface area contributed by atoms with Crippen molar-refractivity contribution in [1.29, 1.82) is 0 Å². The van der Waals surface area contributed by atoms with Crippen LogP contribution in [-0.2, 0) is 0 Å². The van der Waals surface area contributed by atoms with Crippen molar-refractivity contribution in [1.82, 2.24) is 9.34 Å². The van der Waals surface area contributed by atoms with E-state index in [1.165, 1.54) is 45.2 Å². The summed E-state index contributed by atoms with van der Waals surface area (Å²) in [5.41, 5.74) is 0. The minimum absolute atomic E-state index is 0.0533. The number of halogens is 1. The Bertz CT molecular complexity index is 304. The summed E-state index contributed by atoms with van der Waals surface area (Å²) in [4.78, 5) is 0. The van der Waals surface area contributed by atoms with Crippen LogP contribution in [0.2, 0.25) is 0 Å². The van der Waals surface area contributed by atoms with Crippen molar-refractivity contribution in [2.24, 2.45) is 0 Å². The van der Waals surface area contributed by atoms with E-state index in [1.807, 2.05) is 0 Å². The summed E-state index contributed by atoms with van der Waals surface area (Å²) in [5, 5.41) is 19.4. The van der Waals surface area contributed by atoms with Crippen molar-refractivity contribution in [2.75, 3.05) is 13.1 Å². The molecule has 0 radical (unpaired) electrons. The lowest BCUT2D eigenvalue weighted by Crippen LogP contribution is -2.46. The molecule has 2 aliphatic carbocycles. The first kappa shape index (κ1) is 16.8. The molecule has 21 heavy (non-hydrogen) atoms. The monoisotopic (exact) mass is 426 g/mol. The largest absolute Gasteiger partial charge is 0.393 e. The molecule has 0 aromatic carbocycles. The molecule has 1 aliphatic heterocycles. The van der Waals surface area contributed by atoms with Crippen molar-refractivity contribution < 1.29 is 10.2 Å². The fourth-order valence-corrected chi connectivity index (χ4v) is 9.37. The molecule has 3 rings (SSSR count). The van der Waals surface area contributed by atoms with E-state index in [9.17, 15) is 10.2 Å². The second-order valence-electron chi connectivity index (χ2n) is 6.85. The summed E-state index contributed by atoms with van der Waals surface area (Å²) in [5.74, 6) is -0.219. The fourth-order valence-electron chi connectivity index (χ4n) is 4.05. The molecule has 2 N–H and O–H groups in total. The van der Waals surface area contributed by atoms with Gasteiger partial charge in [0.1, 0.15) is 5.87 Å². The van der Waals surface area contributed by atoms with Gasteiger partial charge in [-0.1, -0.05) is 0 Å². The molecule has 0 spiro atoms. The standard InChI is InChI=1S/C15H28IN2O2P/c16-21-17(12-2-6-14(19)7-3-12)10-1-11-18(21)13-4-8-15(20)9-5-13/h12-15,19-20H,1-11H2. The lowest BCUT2D eigenvalue weighted by atomic mass is 9.92. The predicted octanol–water partition coefficient (Wildman–Crippen LogP) is 3.26. The van der Waals surface area contributed by atoms with Crippen LogP contribution in [0.1, 0.15) is 57.8 Å². The van der Waals surface area contributed by atoms with Gasteiger partial charge in [-0.3, -0.25) is 9.34 Å². The molecule has 0 bridgehead atoms. The molecule has 6 heteroatoms. The highest BCUT2D eigenvalue weighted by atomic mass is 127. The van der Waals surface area contributed by atoms with Gasteiger partial charge < -0.3 is 10.2 Å². The molecule has 0 aromatic heterocycles. The first-order chi connectivity index (χ1) is 10.1. The third kappa shape index (κ3) is 4.10. The Labute approximate surface area is 142 Å². The predicted molar refractivity (Wildman–Crippen MR) is 95.5 cm³/mol. The van der Waals surface area contributed by atoms with Crippen LogP contribution in [0.4, 0.5) is 0 Å². The first-order valence-corrected chi connectivity index (χ1v) is 12.5. The zero-order valence-corrected chi connectivity index (χ0v) is 15.8. The highest BCUT2D eigenvalue weighted by Gasteiger charge is 2.38. The lowest BCUT2D eigenvalue weighted by Gasteiger charge is -2.49. The Morgan fingerprint density at radius 3 is 1.48 bits per heavy atom. The van der Waals surface area contributed by atoms with Crippen molar-refractivity contribution in [2.45, 2.75) is 82.1 Å². The van der Waals surface area contributed by atoms with Crippen molar-refractivity contribution >= 4 is 27.9 Å². The third-order valence-electron chi connectivity index (χ3n) is 5.37. The Balaban J connectivity index is 1.59. The van der Waals surface area contributed by atoms with Gasteiger partial charge in [0.15, 0.2) is 0 Å². The number of hydrogen-bond acceptors (Lipinski definition) is 4. The summed E-state index contributed by atoms with van der Waals surface area (Å²) in [6.07, 6.45) is 9.77. The first-order valence-electron chi connectivity index (χ1n) is 8.50. The fraction of sp³-hybridized carbons (Fsp3) is 1.00. The molecule has 0 aromatic rings. The normalized spacial score (nSPS) is 43.9. The Morgan fingerprint density at radius 1 is 0.714 bits per heavy atom. The van der Waals surface area contributed by atoms with Gasteiger partial charge in [-0.25, -0.2) is 0 Å². The minimum Gasteiger partial charge on any atom is -0.393 e. The van der Waals surface area contributed by atoms with Crippen LogP contribution in [-0.4, -0.2) is 56.9 Å². The molecule has 0 unspecified atom stereocenters. The van der Waals surface area contributed by atoms with Crippen LogP contribution in [0.5, 0.6) is 0 Å². The molecule has 0 atom stereocenters. The molecule has 1 heterocycles. The van der Waals surface area contributed by atoms with Crippen LogP contribution >= 0.6 is 27.9 Å². The molecule has 3 aliphatic rings. The number of rotatable bonds is 2. The SMILES string of the molecule is OC1CCC(N2CCCN(C3CCC(O)CC3)P2I)CC1. The zero-order chi connectivity index (χ0) is 14.8. The highest BCUT2D eigenvalue weighted by Crippen LogP contribution is 2.58. The minimum atomic E-state index is -0.219. The van der Waals surface area contributed by atoms with Gasteiger partial charge in [-0.05, 0) is 79.8 Å². The average Bonchev–Trinajstić information content (AvgIpc) is 2.50. The van der Waals surface area contributed by atoms with Gasteiger partial charge in [0.25, 0.3) is 0 Å². The Morgan fingerprint density at radius 2 is 1.10 bits per heavy atom. The average molecular weight is 426 g/mol. The maximum Gasteiger partial charge on any atom is 0.108 e. The van der Waals surface area contributed by atoms with E-state index in [0.29, 0.717) is 12.1 Å². The van der Waals surface area contributed by atoms with Gasteiger partial charge in [-0.2, -0.15) is 0 Å². The van der Waals surface area contributed by atoms with Gasteiger partial charge >= 0.3 is 0 Å². The third-order valence-corrected chi connectivity index (χ3v) is 10.6. The van der Waals surface area contributed by atoms with Gasteiger partial charge in [0.05, 0.1) is 12.2 Å². The van der Waals surface area contributed by atoms with Crippen molar-refractivity contribution in [3.05, 3.63) is 0 Å².